The summed E-state index contributed by atoms with van der Waals surface area (Å²) < 4.78 is 10.2. The highest BCUT2D eigenvalue weighted by Gasteiger charge is 2.18. The van der Waals surface area contributed by atoms with Crippen LogP contribution in [0.1, 0.15) is 51.4 Å². The SMILES string of the molecule is COCC1CCC(N)CC1.COCC1CCC(N)CC1.Cl.Cl. The Morgan fingerprint density at radius 2 is 0.909 bits per heavy atom. The average molecular weight is 359 g/mol. The maximum Gasteiger partial charge on any atom is 0.0490 e. The second kappa shape index (κ2) is 15.0. The van der Waals surface area contributed by atoms with Crippen LogP contribution in [-0.2, 0) is 9.47 Å². The molecule has 0 aromatic carbocycles. The van der Waals surface area contributed by atoms with Crippen molar-refractivity contribution in [2.24, 2.45) is 23.3 Å². The maximum absolute atomic E-state index is 5.75. The highest BCUT2D eigenvalue weighted by Crippen LogP contribution is 2.23. The number of nitrogens with two attached hydrogens (primary N) is 2. The molecule has 0 unspecified atom stereocenters. The molecule has 0 aliphatic heterocycles. The van der Waals surface area contributed by atoms with E-state index in [1.165, 1.54) is 51.4 Å². The van der Waals surface area contributed by atoms with Gasteiger partial charge in [-0.2, -0.15) is 0 Å². The van der Waals surface area contributed by atoms with Gasteiger partial charge in [0.15, 0.2) is 0 Å². The van der Waals surface area contributed by atoms with Crippen LogP contribution in [0.4, 0.5) is 0 Å². The van der Waals surface area contributed by atoms with Gasteiger partial charge in [-0.15, -0.1) is 24.8 Å². The number of methoxy groups -OCH3 is 2. The minimum atomic E-state index is 0. The topological polar surface area (TPSA) is 70.5 Å². The van der Waals surface area contributed by atoms with Gasteiger partial charge >= 0.3 is 0 Å². The van der Waals surface area contributed by atoms with Gasteiger partial charge in [0.25, 0.3) is 0 Å². The third-order valence-electron chi connectivity index (χ3n) is 4.59. The normalized spacial score (nSPS) is 31.1. The molecule has 4 N–H and O–H groups in total. The van der Waals surface area contributed by atoms with Crippen molar-refractivity contribution in [1.82, 2.24) is 0 Å². The fraction of sp³-hybridized carbons (Fsp3) is 1.00. The van der Waals surface area contributed by atoms with Crippen LogP contribution in [0, 0.1) is 11.8 Å². The second-order valence-electron chi connectivity index (χ2n) is 6.47. The molecule has 0 atom stereocenters. The maximum atomic E-state index is 5.75. The first-order valence-corrected chi connectivity index (χ1v) is 8.14. The quantitative estimate of drug-likeness (QED) is 0.809. The zero-order valence-electron chi connectivity index (χ0n) is 14.2. The molecule has 0 radical (unpaired) electrons. The van der Waals surface area contributed by atoms with Gasteiger partial charge in [0.2, 0.25) is 0 Å². The van der Waals surface area contributed by atoms with Crippen LogP contribution in [-0.4, -0.2) is 39.5 Å². The molecule has 0 aromatic heterocycles. The third-order valence-corrected chi connectivity index (χ3v) is 4.59. The van der Waals surface area contributed by atoms with E-state index in [4.69, 9.17) is 20.9 Å². The molecular formula is C16H36Cl2N2O2. The first-order chi connectivity index (χ1) is 9.65. The summed E-state index contributed by atoms with van der Waals surface area (Å²) in [6.07, 6.45) is 9.79. The summed E-state index contributed by atoms with van der Waals surface area (Å²) in [5.41, 5.74) is 11.5. The van der Waals surface area contributed by atoms with E-state index in [0.29, 0.717) is 12.1 Å². The molecule has 2 aliphatic carbocycles. The number of rotatable bonds is 4. The molecule has 0 saturated heterocycles. The van der Waals surface area contributed by atoms with Gasteiger partial charge in [-0.3, -0.25) is 0 Å². The molecule has 22 heavy (non-hydrogen) atoms. The van der Waals surface area contributed by atoms with Gasteiger partial charge in [0.1, 0.15) is 0 Å². The first kappa shape index (κ1) is 24.7. The minimum absolute atomic E-state index is 0. The summed E-state index contributed by atoms with van der Waals surface area (Å²) in [7, 11) is 3.54. The molecule has 2 saturated carbocycles. The van der Waals surface area contributed by atoms with Crippen molar-refractivity contribution in [1.29, 1.82) is 0 Å². The highest BCUT2D eigenvalue weighted by molar-refractivity contribution is 5.85. The van der Waals surface area contributed by atoms with E-state index < -0.39 is 0 Å². The van der Waals surface area contributed by atoms with Crippen molar-refractivity contribution < 1.29 is 9.47 Å². The van der Waals surface area contributed by atoms with Gasteiger partial charge in [-0.05, 0) is 63.2 Å². The molecule has 0 bridgehead atoms. The largest absolute Gasteiger partial charge is 0.384 e. The number of halogens is 2. The predicted octanol–water partition coefficient (Wildman–Crippen LogP) is 3.14. The molecule has 2 fully saturated rings. The summed E-state index contributed by atoms with van der Waals surface area (Å²) >= 11 is 0. The van der Waals surface area contributed by atoms with E-state index in [2.05, 4.69) is 0 Å². The lowest BCUT2D eigenvalue weighted by Gasteiger charge is -2.25. The van der Waals surface area contributed by atoms with Crippen molar-refractivity contribution in [2.75, 3.05) is 27.4 Å². The lowest BCUT2D eigenvalue weighted by molar-refractivity contribution is 0.127. The van der Waals surface area contributed by atoms with E-state index in [-0.39, 0.29) is 24.8 Å². The van der Waals surface area contributed by atoms with Gasteiger partial charge in [0.05, 0.1) is 0 Å². The van der Waals surface area contributed by atoms with Crippen molar-refractivity contribution in [3.8, 4) is 0 Å². The summed E-state index contributed by atoms with van der Waals surface area (Å²) in [5.74, 6) is 1.56. The van der Waals surface area contributed by atoms with Gasteiger partial charge in [-0.1, -0.05) is 0 Å². The van der Waals surface area contributed by atoms with Crippen LogP contribution in [0.5, 0.6) is 0 Å². The molecule has 2 rings (SSSR count). The lowest BCUT2D eigenvalue weighted by Crippen LogP contribution is -2.27. The summed E-state index contributed by atoms with van der Waals surface area (Å²) in [5, 5.41) is 0. The molecular weight excluding hydrogens is 323 g/mol. The minimum Gasteiger partial charge on any atom is -0.384 e. The fourth-order valence-electron chi connectivity index (χ4n) is 3.18. The smallest absolute Gasteiger partial charge is 0.0490 e. The first-order valence-electron chi connectivity index (χ1n) is 8.14. The Morgan fingerprint density at radius 3 is 1.14 bits per heavy atom. The monoisotopic (exact) mass is 358 g/mol. The van der Waals surface area contributed by atoms with Crippen LogP contribution < -0.4 is 11.5 Å². The molecule has 0 aromatic rings. The zero-order valence-corrected chi connectivity index (χ0v) is 15.8. The van der Waals surface area contributed by atoms with Gasteiger partial charge < -0.3 is 20.9 Å². The predicted molar refractivity (Wildman–Crippen MR) is 98.1 cm³/mol. The second-order valence-corrected chi connectivity index (χ2v) is 6.47. The van der Waals surface area contributed by atoms with Crippen LogP contribution in [0.2, 0.25) is 0 Å². The highest BCUT2D eigenvalue weighted by atomic mass is 35.5. The molecule has 4 nitrogen and oxygen atoms in total. The molecule has 6 heteroatoms. The standard InChI is InChI=1S/2C8H17NO.2ClH/c2*1-10-6-7-2-4-8(9)5-3-7;;/h2*7-8H,2-6,9H2,1H3;2*1H. The molecule has 0 heterocycles. The zero-order chi connectivity index (χ0) is 14.8. The van der Waals surface area contributed by atoms with Crippen molar-refractivity contribution in [3.05, 3.63) is 0 Å². The Labute approximate surface area is 148 Å². The van der Waals surface area contributed by atoms with E-state index in [9.17, 15) is 0 Å². The Morgan fingerprint density at radius 1 is 0.636 bits per heavy atom. The van der Waals surface area contributed by atoms with Crippen molar-refractivity contribution in [2.45, 2.75) is 63.5 Å². The molecule has 2 aliphatic rings. The Hall–Kier alpha value is 0.420. The van der Waals surface area contributed by atoms with Crippen LogP contribution in [0.25, 0.3) is 0 Å². The molecule has 0 spiro atoms. The summed E-state index contributed by atoms with van der Waals surface area (Å²) in [6.45, 7) is 1.85. The Kier molecular flexibility index (Phi) is 16.8. The summed E-state index contributed by atoms with van der Waals surface area (Å²) in [6, 6.07) is 0.932. The summed E-state index contributed by atoms with van der Waals surface area (Å²) in [4.78, 5) is 0. The lowest BCUT2D eigenvalue weighted by atomic mass is 9.87. The number of hydrogen-bond donors (Lipinski definition) is 2. The van der Waals surface area contributed by atoms with Crippen molar-refractivity contribution >= 4 is 24.8 Å². The number of hydrogen-bond acceptors (Lipinski definition) is 4. The number of ether oxygens (including phenoxy) is 2. The van der Waals surface area contributed by atoms with Crippen LogP contribution in [0.15, 0.2) is 0 Å². The average Bonchev–Trinajstić information content (AvgIpc) is 2.45. The third kappa shape index (κ3) is 11.0. The van der Waals surface area contributed by atoms with Crippen LogP contribution in [0.3, 0.4) is 0 Å². The van der Waals surface area contributed by atoms with Crippen molar-refractivity contribution in [3.63, 3.8) is 0 Å². The van der Waals surface area contributed by atoms with Gasteiger partial charge in [0, 0.05) is 39.5 Å². The molecule has 0 amide bonds. The van der Waals surface area contributed by atoms with E-state index in [0.717, 1.165) is 25.0 Å². The van der Waals surface area contributed by atoms with E-state index in [1.54, 1.807) is 14.2 Å². The fourth-order valence-corrected chi connectivity index (χ4v) is 3.18. The molecule has 136 valence electrons. The van der Waals surface area contributed by atoms with Gasteiger partial charge in [-0.25, -0.2) is 0 Å². The Bertz CT molecular complexity index is 208. The van der Waals surface area contributed by atoms with Crippen LogP contribution >= 0.6 is 24.8 Å². The Balaban J connectivity index is 0. The van der Waals surface area contributed by atoms with E-state index in [1.807, 2.05) is 0 Å². The van der Waals surface area contributed by atoms with E-state index >= 15 is 0 Å².